The maximum absolute atomic E-state index is 12.6. The molecule has 0 spiro atoms. The number of sulfonamides is 1. The third-order valence-electron chi connectivity index (χ3n) is 4.11. The fourth-order valence-electron chi connectivity index (χ4n) is 2.78. The lowest BCUT2D eigenvalue weighted by Gasteiger charge is -2.21. The Hall–Kier alpha value is -1.56. The van der Waals surface area contributed by atoms with Crippen LogP contribution in [0.3, 0.4) is 0 Å². The van der Waals surface area contributed by atoms with Crippen molar-refractivity contribution in [1.29, 1.82) is 0 Å². The van der Waals surface area contributed by atoms with Crippen LogP contribution < -0.4 is 9.46 Å². The Morgan fingerprint density at radius 2 is 1.95 bits per heavy atom. The van der Waals surface area contributed by atoms with Gasteiger partial charge in [-0.3, -0.25) is 9.52 Å². The van der Waals surface area contributed by atoms with Gasteiger partial charge in [-0.05, 0) is 38.0 Å². The molecule has 0 atom stereocenters. The number of rotatable bonds is 6. The Kier molecular flexibility index (Phi) is 5.45. The number of Topliss-reactive ketones (excluding diaryl/α,β-unsaturated/α-hetero) is 1. The average Bonchev–Trinajstić information content (AvgIpc) is 2.54. The van der Waals surface area contributed by atoms with Crippen LogP contribution in [-0.4, -0.2) is 27.1 Å². The van der Waals surface area contributed by atoms with Crippen LogP contribution in [0.5, 0.6) is 5.75 Å². The summed E-state index contributed by atoms with van der Waals surface area (Å²) in [5.41, 5.74) is 0.868. The normalized spacial score (nSPS) is 16.3. The highest BCUT2D eigenvalue weighted by Gasteiger charge is 2.23. The summed E-state index contributed by atoms with van der Waals surface area (Å²) in [4.78, 5) is 12.6. The van der Waals surface area contributed by atoms with E-state index in [0.717, 1.165) is 25.7 Å². The van der Waals surface area contributed by atoms with E-state index < -0.39 is 10.0 Å². The Morgan fingerprint density at radius 3 is 2.55 bits per heavy atom. The molecule has 22 heavy (non-hydrogen) atoms. The molecule has 1 aromatic carbocycles. The number of benzene rings is 1. The number of ketones is 1. The van der Waals surface area contributed by atoms with Gasteiger partial charge in [0.2, 0.25) is 10.0 Å². The molecule has 0 bridgehead atoms. The minimum atomic E-state index is -3.41. The second kappa shape index (κ2) is 7.13. The molecule has 2 rings (SSSR count). The van der Waals surface area contributed by atoms with E-state index in [9.17, 15) is 13.2 Å². The summed E-state index contributed by atoms with van der Waals surface area (Å²) in [5, 5.41) is 0. The monoisotopic (exact) mass is 325 g/mol. The van der Waals surface area contributed by atoms with Crippen molar-refractivity contribution in [1.82, 2.24) is 0 Å². The Labute approximate surface area is 132 Å². The minimum Gasteiger partial charge on any atom is -0.495 e. The topological polar surface area (TPSA) is 72.5 Å². The molecular weight excluding hydrogens is 302 g/mol. The number of methoxy groups -OCH3 is 1. The van der Waals surface area contributed by atoms with Crippen molar-refractivity contribution in [2.24, 2.45) is 5.92 Å². The van der Waals surface area contributed by atoms with Crippen molar-refractivity contribution in [3.63, 3.8) is 0 Å². The highest BCUT2D eigenvalue weighted by Crippen LogP contribution is 2.31. The minimum absolute atomic E-state index is 0.0308. The van der Waals surface area contributed by atoms with E-state index in [-0.39, 0.29) is 17.5 Å². The van der Waals surface area contributed by atoms with Crippen LogP contribution in [0, 0.1) is 5.92 Å². The smallest absolute Gasteiger partial charge is 0.232 e. The lowest BCUT2D eigenvalue weighted by Crippen LogP contribution is -2.19. The number of hydrogen-bond donors (Lipinski definition) is 1. The number of anilines is 1. The molecule has 0 aromatic heterocycles. The van der Waals surface area contributed by atoms with Crippen molar-refractivity contribution < 1.29 is 17.9 Å². The zero-order valence-electron chi connectivity index (χ0n) is 13.1. The van der Waals surface area contributed by atoms with Gasteiger partial charge in [-0.1, -0.05) is 19.3 Å². The SMILES string of the molecule is CCS(=O)(=O)Nc1cc(C(=O)C2CCCCC2)ccc1OC. The van der Waals surface area contributed by atoms with Gasteiger partial charge in [0.1, 0.15) is 5.75 Å². The van der Waals surface area contributed by atoms with Gasteiger partial charge < -0.3 is 4.74 Å². The van der Waals surface area contributed by atoms with Gasteiger partial charge in [-0.15, -0.1) is 0 Å². The molecule has 6 heteroatoms. The largest absolute Gasteiger partial charge is 0.495 e. The van der Waals surface area contributed by atoms with E-state index in [0.29, 0.717) is 17.0 Å². The summed E-state index contributed by atoms with van der Waals surface area (Å²) in [7, 11) is -1.94. The first-order chi connectivity index (χ1) is 10.5. The summed E-state index contributed by atoms with van der Waals surface area (Å²) < 4.78 is 31.2. The van der Waals surface area contributed by atoms with Crippen LogP contribution in [0.15, 0.2) is 18.2 Å². The Balaban J connectivity index is 2.28. The molecule has 1 aliphatic rings. The third kappa shape index (κ3) is 4.00. The number of ether oxygens (including phenoxy) is 1. The van der Waals surface area contributed by atoms with Crippen molar-refractivity contribution in [3.05, 3.63) is 23.8 Å². The van der Waals surface area contributed by atoms with E-state index in [4.69, 9.17) is 4.74 Å². The van der Waals surface area contributed by atoms with Gasteiger partial charge in [-0.25, -0.2) is 8.42 Å². The number of hydrogen-bond acceptors (Lipinski definition) is 4. The number of carbonyl (C=O) groups is 1. The van der Waals surface area contributed by atoms with Crippen molar-refractivity contribution in [2.75, 3.05) is 17.6 Å². The third-order valence-corrected chi connectivity index (χ3v) is 5.40. The molecule has 0 heterocycles. The maximum Gasteiger partial charge on any atom is 0.232 e. The van der Waals surface area contributed by atoms with E-state index >= 15 is 0 Å². The first-order valence-electron chi connectivity index (χ1n) is 7.69. The van der Waals surface area contributed by atoms with E-state index in [1.54, 1.807) is 25.1 Å². The van der Waals surface area contributed by atoms with Gasteiger partial charge in [0.25, 0.3) is 0 Å². The number of nitrogens with one attached hydrogen (secondary N) is 1. The molecule has 1 saturated carbocycles. The maximum atomic E-state index is 12.6. The highest BCUT2D eigenvalue weighted by atomic mass is 32.2. The summed E-state index contributed by atoms with van der Waals surface area (Å²) >= 11 is 0. The predicted molar refractivity (Wildman–Crippen MR) is 87.0 cm³/mol. The molecule has 0 radical (unpaired) electrons. The zero-order chi connectivity index (χ0) is 16.2. The summed E-state index contributed by atoms with van der Waals surface area (Å²) in [6.07, 6.45) is 5.19. The quantitative estimate of drug-likeness (QED) is 0.815. The molecule has 5 nitrogen and oxygen atoms in total. The Morgan fingerprint density at radius 1 is 1.27 bits per heavy atom. The Bertz CT molecular complexity index is 634. The van der Waals surface area contributed by atoms with Crippen molar-refractivity contribution >= 4 is 21.5 Å². The van der Waals surface area contributed by atoms with Gasteiger partial charge in [0.05, 0.1) is 18.6 Å². The summed E-state index contributed by atoms with van der Waals surface area (Å²) in [5.74, 6) is 0.533. The van der Waals surface area contributed by atoms with Crippen LogP contribution >= 0.6 is 0 Å². The molecule has 1 aromatic rings. The molecule has 122 valence electrons. The van der Waals surface area contributed by atoms with Gasteiger partial charge >= 0.3 is 0 Å². The van der Waals surface area contributed by atoms with Gasteiger partial charge in [0, 0.05) is 11.5 Å². The molecule has 0 unspecified atom stereocenters. The lowest BCUT2D eigenvalue weighted by atomic mass is 9.84. The molecule has 0 aliphatic heterocycles. The molecule has 1 fully saturated rings. The highest BCUT2D eigenvalue weighted by molar-refractivity contribution is 7.92. The van der Waals surface area contributed by atoms with E-state index in [1.165, 1.54) is 13.5 Å². The van der Waals surface area contributed by atoms with Crippen LogP contribution in [0.4, 0.5) is 5.69 Å². The standard InChI is InChI=1S/C16H23NO4S/c1-3-22(19,20)17-14-11-13(9-10-15(14)21-2)16(18)12-7-5-4-6-8-12/h9-12,17H,3-8H2,1-2H3. The molecule has 0 amide bonds. The second-order valence-corrected chi connectivity index (χ2v) is 7.63. The summed E-state index contributed by atoms with van der Waals surface area (Å²) in [6.45, 7) is 1.56. The molecule has 1 N–H and O–H groups in total. The predicted octanol–water partition coefficient (Wildman–Crippen LogP) is 3.22. The van der Waals surface area contributed by atoms with Gasteiger partial charge in [0.15, 0.2) is 5.78 Å². The van der Waals surface area contributed by atoms with Crippen molar-refractivity contribution in [3.8, 4) is 5.75 Å². The lowest BCUT2D eigenvalue weighted by molar-refractivity contribution is 0.0889. The fraction of sp³-hybridized carbons (Fsp3) is 0.562. The molecular formula is C16H23NO4S. The van der Waals surface area contributed by atoms with E-state index in [1.807, 2.05) is 0 Å². The van der Waals surface area contributed by atoms with E-state index in [2.05, 4.69) is 4.72 Å². The van der Waals surface area contributed by atoms with Crippen molar-refractivity contribution in [2.45, 2.75) is 39.0 Å². The fourth-order valence-corrected chi connectivity index (χ4v) is 3.42. The first kappa shape index (κ1) is 16.8. The second-order valence-electron chi connectivity index (χ2n) is 5.62. The first-order valence-corrected chi connectivity index (χ1v) is 9.35. The average molecular weight is 325 g/mol. The van der Waals surface area contributed by atoms with Crippen LogP contribution in [0.2, 0.25) is 0 Å². The van der Waals surface area contributed by atoms with Gasteiger partial charge in [-0.2, -0.15) is 0 Å². The summed E-state index contributed by atoms with van der Waals surface area (Å²) in [6, 6.07) is 4.94. The van der Waals surface area contributed by atoms with Crippen LogP contribution in [0.25, 0.3) is 0 Å². The molecule has 1 aliphatic carbocycles. The van der Waals surface area contributed by atoms with Crippen LogP contribution in [-0.2, 0) is 10.0 Å². The zero-order valence-corrected chi connectivity index (χ0v) is 13.9. The number of carbonyl (C=O) groups excluding carboxylic acids is 1. The van der Waals surface area contributed by atoms with Crippen LogP contribution in [0.1, 0.15) is 49.4 Å². The molecule has 0 saturated heterocycles.